The highest BCUT2D eigenvalue weighted by atomic mass is 35.5. The summed E-state index contributed by atoms with van der Waals surface area (Å²) < 4.78 is 5.47. The molecule has 0 spiro atoms. The lowest BCUT2D eigenvalue weighted by Gasteiger charge is -2.35. The molecule has 0 aromatic carbocycles. The van der Waals surface area contributed by atoms with Crippen molar-refractivity contribution < 1.29 is 4.42 Å². The molecule has 0 unspecified atom stereocenters. The Labute approximate surface area is 89.9 Å². The molecule has 0 N–H and O–H groups in total. The van der Waals surface area contributed by atoms with E-state index in [1.807, 2.05) is 0 Å². The highest BCUT2D eigenvalue weighted by Crippen LogP contribution is 2.39. The standard InChI is InChI=1S/C10H17ClN2O/c1-9(2,3)10(4,5)8-13-12-7(6-11)14-8/h6H2,1-5H3. The number of halogens is 1. The largest absolute Gasteiger partial charge is 0.423 e. The smallest absolute Gasteiger partial charge is 0.231 e. The van der Waals surface area contributed by atoms with Crippen LogP contribution in [0.25, 0.3) is 0 Å². The summed E-state index contributed by atoms with van der Waals surface area (Å²) >= 11 is 5.61. The Balaban J connectivity index is 3.04. The Morgan fingerprint density at radius 3 is 2.07 bits per heavy atom. The lowest BCUT2D eigenvalue weighted by Crippen LogP contribution is -2.34. The molecular formula is C10H17ClN2O. The molecule has 1 heterocycles. The Kier molecular flexibility index (Phi) is 2.91. The van der Waals surface area contributed by atoms with Crippen LogP contribution in [0.1, 0.15) is 46.4 Å². The minimum atomic E-state index is -0.149. The van der Waals surface area contributed by atoms with Crippen molar-refractivity contribution in [2.45, 2.75) is 45.9 Å². The summed E-state index contributed by atoms with van der Waals surface area (Å²) in [5.74, 6) is 1.41. The van der Waals surface area contributed by atoms with E-state index < -0.39 is 0 Å². The zero-order valence-corrected chi connectivity index (χ0v) is 10.1. The Hall–Kier alpha value is -0.570. The maximum Gasteiger partial charge on any atom is 0.231 e. The summed E-state index contributed by atoms with van der Waals surface area (Å²) in [7, 11) is 0. The first-order valence-electron chi connectivity index (χ1n) is 4.68. The van der Waals surface area contributed by atoms with Crippen LogP contribution in [-0.4, -0.2) is 10.2 Å². The summed E-state index contributed by atoms with van der Waals surface area (Å²) in [6.07, 6.45) is 0. The fourth-order valence-electron chi connectivity index (χ4n) is 0.881. The van der Waals surface area contributed by atoms with Crippen LogP contribution in [0.4, 0.5) is 0 Å². The molecule has 0 bridgehead atoms. The van der Waals surface area contributed by atoms with Crippen molar-refractivity contribution >= 4 is 11.6 Å². The number of hydrogen-bond acceptors (Lipinski definition) is 3. The molecule has 80 valence electrons. The first-order valence-corrected chi connectivity index (χ1v) is 5.21. The van der Waals surface area contributed by atoms with E-state index in [1.165, 1.54) is 0 Å². The van der Waals surface area contributed by atoms with Gasteiger partial charge in [0, 0.05) is 5.41 Å². The molecule has 0 aliphatic rings. The minimum absolute atomic E-state index is 0.0725. The molecule has 1 rings (SSSR count). The average molecular weight is 217 g/mol. The number of hydrogen-bond donors (Lipinski definition) is 0. The topological polar surface area (TPSA) is 38.9 Å². The first-order chi connectivity index (χ1) is 6.29. The van der Waals surface area contributed by atoms with Crippen molar-refractivity contribution in [3.8, 4) is 0 Å². The zero-order valence-electron chi connectivity index (χ0n) is 9.39. The molecule has 1 aromatic heterocycles. The van der Waals surface area contributed by atoms with Crippen LogP contribution in [-0.2, 0) is 11.3 Å². The van der Waals surface area contributed by atoms with Crippen molar-refractivity contribution in [1.29, 1.82) is 0 Å². The lowest BCUT2D eigenvalue weighted by molar-refractivity contribution is 0.180. The number of nitrogens with zero attached hydrogens (tertiary/aromatic N) is 2. The van der Waals surface area contributed by atoms with Crippen LogP contribution >= 0.6 is 11.6 Å². The third-order valence-corrected chi connectivity index (χ3v) is 3.22. The third kappa shape index (κ3) is 1.92. The van der Waals surface area contributed by atoms with Gasteiger partial charge in [0.25, 0.3) is 0 Å². The van der Waals surface area contributed by atoms with Crippen LogP contribution in [0.3, 0.4) is 0 Å². The van der Waals surface area contributed by atoms with E-state index in [2.05, 4.69) is 44.8 Å². The van der Waals surface area contributed by atoms with Gasteiger partial charge in [-0.15, -0.1) is 21.8 Å². The second kappa shape index (κ2) is 3.54. The van der Waals surface area contributed by atoms with Gasteiger partial charge in [-0.2, -0.15) is 0 Å². The van der Waals surface area contributed by atoms with Gasteiger partial charge in [0.1, 0.15) is 5.88 Å². The van der Waals surface area contributed by atoms with Gasteiger partial charge >= 0.3 is 0 Å². The Morgan fingerprint density at radius 2 is 1.71 bits per heavy atom. The molecule has 0 fully saturated rings. The second-order valence-electron chi connectivity index (χ2n) is 5.01. The SMILES string of the molecule is CC(C)(C)C(C)(C)c1nnc(CCl)o1. The monoisotopic (exact) mass is 216 g/mol. The Bertz CT molecular complexity index is 312. The summed E-state index contributed by atoms with van der Waals surface area (Å²) in [6.45, 7) is 10.6. The zero-order chi connectivity index (χ0) is 11.0. The van der Waals surface area contributed by atoms with Gasteiger partial charge < -0.3 is 4.42 Å². The van der Waals surface area contributed by atoms with E-state index in [1.54, 1.807) is 0 Å². The van der Waals surface area contributed by atoms with Crippen molar-refractivity contribution in [2.75, 3.05) is 0 Å². The fraction of sp³-hybridized carbons (Fsp3) is 0.800. The molecule has 4 heteroatoms. The molecule has 0 aliphatic heterocycles. The maximum absolute atomic E-state index is 5.61. The predicted molar refractivity (Wildman–Crippen MR) is 56.3 cm³/mol. The number of aromatic nitrogens is 2. The van der Waals surface area contributed by atoms with E-state index in [9.17, 15) is 0 Å². The quantitative estimate of drug-likeness (QED) is 0.713. The summed E-state index contributed by atoms with van der Waals surface area (Å²) in [6, 6.07) is 0. The molecular weight excluding hydrogens is 200 g/mol. The second-order valence-corrected chi connectivity index (χ2v) is 5.28. The van der Waals surface area contributed by atoms with Crippen molar-refractivity contribution in [1.82, 2.24) is 10.2 Å². The molecule has 0 amide bonds. The summed E-state index contributed by atoms with van der Waals surface area (Å²) in [5.41, 5.74) is -0.0760. The molecule has 1 aromatic rings. The van der Waals surface area contributed by atoms with Crippen LogP contribution in [0.15, 0.2) is 4.42 Å². The predicted octanol–water partition coefficient (Wildman–Crippen LogP) is 3.13. The van der Waals surface area contributed by atoms with Crippen molar-refractivity contribution in [2.24, 2.45) is 5.41 Å². The minimum Gasteiger partial charge on any atom is -0.423 e. The van der Waals surface area contributed by atoms with Gasteiger partial charge in [-0.3, -0.25) is 0 Å². The third-order valence-electron chi connectivity index (χ3n) is 2.99. The van der Waals surface area contributed by atoms with Crippen LogP contribution in [0, 0.1) is 5.41 Å². The summed E-state index contributed by atoms with van der Waals surface area (Å²) in [4.78, 5) is 0. The highest BCUT2D eigenvalue weighted by Gasteiger charge is 2.39. The Morgan fingerprint density at radius 1 is 1.14 bits per heavy atom. The van der Waals surface area contributed by atoms with Gasteiger partial charge in [-0.25, -0.2) is 0 Å². The van der Waals surface area contributed by atoms with E-state index >= 15 is 0 Å². The molecule has 0 atom stereocenters. The van der Waals surface area contributed by atoms with Crippen molar-refractivity contribution in [3.05, 3.63) is 11.8 Å². The van der Waals surface area contributed by atoms with Gasteiger partial charge in [0.15, 0.2) is 0 Å². The molecule has 14 heavy (non-hydrogen) atoms. The molecule has 0 radical (unpaired) electrons. The lowest BCUT2D eigenvalue weighted by atomic mass is 9.69. The molecule has 0 aliphatic carbocycles. The first kappa shape index (κ1) is 11.5. The van der Waals surface area contributed by atoms with Gasteiger partial charge in [0.05, 0.1) is 0 Å². The van der Waals surface area contributed by atoms with Crippen LogP contribution < -0.4 is 0 Å². The maximum atomic E-state index is 5.61. The number of rotatable bonds is 2. The normalized spacial score (nSPS) is 13.3. The van der Waals surface area contributed by atoms with Gasteiger partial charge in [-0.05, 0) is 5.41 Å². The van der Waals surface area contributed by atoms with Gasteiger partial charge in [0.2, 0.25) is 11.8 Å². The fourth-order valence-corrected chi connectivity index (χ4v) is 0.989. The molecule has 0 saturated heterocycles. The molecule has 3 nitrogen and oxygen atoms in total. The van der Waals surface area contributed by atoms with E-state index in [0.717, 1.165) is 0 Å². The van der Waals surface area contributed by atoms with E-state index in [0.29, 0.717) is 11.8 Å². The number of alkyl halides is 1. The van der Waals surface area contributed by atoms with Crippen LogP contribution in [0.2, 0.25) is 0 Å². The summed E-state index contributed by atoms with van der Waals surface area (Å²) in [5, 5.41) is 7.89. The van der Waals surface area contributed by atoms with Gasteiger partial charge in [-0.1, -0.05) is 34.6 Å². The van der Waals surface area contributed by atoms with Crippen LogP contribution in [0.5, 0.6) is 0 Å². The van der Waals surface area contributed by atoms with E-state index in [4.69, 9.17) is 16.0 Å². The highest BCUT2D eigenvalue weighted by molar-refractivity contribution is 6.16. The average Bonchev–Trinajstić information content (AvgIpc) is 2.49. The molecule has 0 saturated carbocycles. The van der Waals surface area contributed by atoms with E-state index in [-0.39, 0.29) is 16.7 Å². The van der Waals surface area contributed by atoms with Crippen molar-refractivity contribution in [3.63, 3.8) is 0 Å².